The maximum Gasteiger partial charge on any atom is 0.252 e. The molecule has 2 aliphatic rings. The first-order valence-corrected chi connectivity index (χ1v) is 11.9. The van der Waals surface area contributed by atoms with Gasteiger partial charge in [0.25, 0.3) is 5.91 Å². The fraction of sp³-hybridized carbons (Fsp3) is 0.579. The first-order valence-electron chi connectivity index (χ1n) is 9.66. The number of nitrogen functional groups attached to an aromatic ring is 1. The molecule has 1 saturated heterocycles. The monoisotopic (exact) mass is 442 g/mol. The SMILES string of the molecule is CN(C(=O)C1CCCN1S(C)(=O)=O)C(CNC(=O)c1cc(N)ccc1Cl)C1CC1. The smallest absolute Gasteiger partial charge is 0.252 e. The maximum atomic E-state index is 13.1. The number of nitrogens with zero attached hydrogens (tertiary/aromatic N) is 2. The van der Waals surface area contributed by atoms with Crippen LogP contribution in [0, 0.1) is 5.92 Å². The van der Waals surface area contributed by atoms with E-state index in [-0.39, 0.29) is 35.9 Å². The molecule has 1 aromatic rings. The van der Waals surface area contributed by atoms with E-state index in [9.17, 15) is 18.0 Å². The normalized spacial score (nSPS) is 21.0. The van der Waals surface area contributed by atoms with Crippen LogP contribution in [0.1, 0.15) is 36.0 Å². The molecular formula is C19H27ClN4O4S. The largest absolute Gasteiger partial charge is 0.399 e. The predicted molar refractivity (Wildman–Crippen MR) is 112 cm³/mol. The number of amides is 2. The Labute approximate surface area is 176 Å². The molecule has 0 bridgehead atoms. The molecule has 3 N–H and O–H groups in total. The molecule has 0 spiro atoms. The lowest BCUT2D eigenvalue weighted by Crippen LogP contribution is -2.52. The van der Waals surface area contributed by atoms with Crippen LogP contribution in [0.5, 0.6) is 0 Å². The molecule has 2 fully saturated rings. The van der Waals surface area contributed by atoms with Gasteiger partial charge in [-0.15, -0.1) is 0 Å². The lowest BCUT2D eigenvalue weighted by molar-refractivity contribution is -0.135. The third-order valence-corrected chi connectivity index (χ3v) is 7.25. The standard InChI is InChI=1S/C19H27ClN4O4S/c1-23(19(26)16-4-3-9-24(16)29(2,27)28)17(12-5-6-12)11-22-18(25)14-10-13(21)7-8-15(14)20/h7-8,10,12,16-17H,3-6,9,11,21H2,1-2H3,(H,22,25). The van der Waals surface area contributed by atoms with Crippen LogP contribution in [0.15, 0.2) is 18.2 Å². The van der Waals surface area contributed by atoms with E-state index < -0.39 is 16.1 Å². The number of nitrogens with two attached hydrogens (primary N) is 1. The van der Waals surface area contributed by atoms with Crippen molar-refractivity contribution in [2.24, 2.45) is 5.92 Å². The minimum Gasteiger partial charge on any atom is -0.399 e. The first-order chi connectivity index (χ1) is 13.6. The topological polar surface area (TPSA) is 113 Å². The highest BCUT2D eigenvalue weighted by Crippen LogP contribution is 2.36. The van der Waals surface area contributed by atoms with Crippen molar-refractivity contribution in [3.63, 3.8) is 0 Å². The third kappa shape index (κ3) is 5.02. The van der Waals surface area contributed by atoms with Crippen LogP contribution in [0.3, 0.4) is 0 Å². The summed E-state index contributed by atoms with van der Waals surface area (Å²) < 4.78 is 25.3. The van der Waals surface area contributed by atoms with Crippen molar-refractivity contribution >= 4 is 39.1 Å². The number of nitrogens with one attached hydrogen (secondary N) is 1. The second kappa shape index (κ2) is 8.49. The van der Waals surface area contributed by atoms with Crippen LogP contribution in [-0.2, 0) is 14.8 Å². The molecule has 10 heteroatoms. The van der Waals surface area contributed by atoms with Gasteiger partial charge in [0.1, 0.15) is 6.04 Å². The highest BCUT2D eigenvalue weighted by atomic mass is 35.5. The van der Waals surface area contributed by atoms with Gasteiger partial charge < -0.3 is 16.0 Å². The number of halogens is 1. The van der Waals surface area contributed by atoms with E-state index in [1.807, 2.05) is 0 Å². The van der Waals surface area contributed by atoms with E-state index in [0.717, 1.165) is 19.1 Å². The second-order valence-corrected chi connectivity index (χ2v) is 10.2. The maximum absolute atomic E-state index is 13.1. The van der Waals surface area contributed by atoms with Crippen molar-refractivity contribution in [3.05, 3.63) is 28.8 Å². The van der Waals surface area contributed by atoms with Crippen LogP contribution >= 0.6 is 11.6 Å². The van der Waals surface area contributed by atoms with Crippen LogP contribution in [0.25, 0.3) is 0 Å². The molecule has 160 valence electrons. The Morgan fingerprint density at radius 2 is 2.03 bits per heavy atom. The van der Waals surface area contributed by atoms with E-state index in [1.165, 1.54) is 10.4 Å². The van der Waals surface area contributed by atoms with E-state index in [4.69, 9.17) is 17.3 Å². The van der Waals surface area contributed by atoms with Gasteiger partial charge in [0.2, 0.25) is 15.9 Å². The zero-order chi connectivity index (χ0) is 21.3. The minimum atomic E-state index is -3.44. The van der Waals surface area contributed by atoms with Crippen molar-refractivity contribution in [1.29, 1.82) is 0 Å². The van der Waals surface area contributed by atoms with E-state index in [1.54, 1.807) is 24.1 Å². The number of likely N-dealkylation sites (N-methyl/N-ethyl adjacent to an activating group) is 1. The molecule has 2 atom stereocenters. The van der Waals surface area contributed by atoms with Gasteiger partial charge in [-0.3, -0.25) is 9.59 Å². The molecule has 0 radical (unpaired) electrons. The number of carbonyl (C=O) groups is 2. The number of anilines is 1. The molecule has 1 aliphatic carbocycles. The Balaban J connectivity index is 1.69. The fourth-order valence-corrected chi connectivity index (χ4v) is 5.21. The Bertz CT molecular complexity index is 903. The van der Waals surface area contributed by atoms with Crippen LogP contribution in [0.4, 0.5) is 5.69 Å². The number of rotatable bonds is 7. The zero-order valence-corrected chi connectivity index (χ0v) is 18.2. The highest BCUT2D eigenvalue weighted by Gasteiger charge is 2.42. The number of hydrogen-bond donors (Lipinski definition) is 2. The Hall–Kier alpha value is -1.84. The number of hydrogen-bond acceptors (Lipinski definition) is 5. The number of carbonyl (C=O) groups excluding carboxylic acids is 2. The molecular weight excluding hydrogens is 416 g/mol. The van der Waals surface area contributed by atoms with Gasteiger partial charge in [-0.1, -0.05) is 11.6 Å². The van der Waals surface area contributed by atoms with Gasteiger partial charge in [-0.25, -0.2) is 8.42 Å². The second-order valence-electron chi connectivity index (χ2n) is 7.83. The fourth-order valence-electron chi connectivity index (χ4n) is 3.89. The van der Waals surface area contributed by atoms with Gasteiger partial charge in [-0.05, 0) is 49.8 Å². The average molecular weight is 443 g/mol. The number of benzene rings is 1. The van der Waals surface area contributed by atoms with Crippen LogP contribution in [-0.4, -0.2) is 67.9 Å². The summed E-state index contributed by atoms with van der Waals surface area (Å²) in [5.74, 6) is -0.290. The third-order valence-electron chi connectivity index (χ3n) is 5.63. The summed E-state index contributed by atoms with van der Waals surface area (Å²) in [4.78, 5) is 27.2. The highest BCUT2D eigenvalue weighted by molar-refractivity contribution is 7.88. The van der Waals surface area contributed by atoms with E-state index >= 15 is 0 Å². The molecule has 1 aromatic carbocycles. The molecule has 29 heavy (non-hydrogen) atoms. The molecule has 8 nitrogen and oxygen atoms in total. The minimum absolute atomic E-state index is 0.201. The molecule has 1 aliphatic heterocycles. The Kier molecular flexibility index (Phi) is 6.40. The zero-order valence-electron chi connectivity index (χ0n) is 16.6. The summed E-state index contributed by atoms with van der Waals surface area (Å²) >= 11 is 6.10. The summed E-state index contributed by atoms with van der Waals surface area (Å²) in [6.07, 6.45) is 4.25. The summed E-state index contributed by atoms with van der Waals surface area (Å²) in [6, 6.07) is 3.83. The van der Waals surface area contributed by atoms with Gasteiger partial charge in [0, 0.05) is 25.8 Å². The Morgan fingerprint density at radius 3 is 2.66 bits per heavy atom. The van der Waals surface area contributed by atoms with E-state index in [0.29, 0.717) is 30.1 Å². The molecule has 2 unspecified atom stereocenters. The van der Waals surface area contributed by atoms with Gasteiger partial charge in [0.05, 0.1) is 22.9 Å². The Morgan fingerprint density at radius 1 is 1.34 bits per heavy atom. The van der Waals surface area contributed by atoms with Crippen LogP contribution in [0.2, 0.25) is 5.02 Å². The molecule has 2 amide bonds. The van der Waals surface area contributed by atoms with Crippen molar-refractivity contribution in [1.82, 2.24) is 14.5 Å². The lowest BCUT2D eigenvalue weighted by atomic mass is 10.1. The van der Waals surface area contributed by atoms with Gasteiger partial charge in [0.15, 0.2) is 0 Å². The van der Waals surface area contributed by atoms with Crippen molar-refractivity contribution in [3.8, 4) is 0 Å². The summed E-state index contributed by atoms with van der Waals surface area (Å²) in [5.41, 5.74) is 6.46. The first kappa shape index (κ1) is 21.9. The predicted octanol–water partition coefficient (Wildman–Crippen LogP) is 1.31. The van der Waals surface area contributed by atoms with Crippen molar-refractivity contribution in [2.45, 2.75) is 37.8 Å². The summed E-state index contributed by atoms with van der Waals surface area (Å²) in [6.45, 7) is 0.629. The van der Waals surface area contributed by atoms with E-state index in [2.05, 4.69) is 5.32 Å². The quantitative estimate of drug-likeness (QED) is 0.618. The number of sulfonamides is 1. The summed E-state index contributed by atoms with van der Waals surface area (Å²) in [7, 11) is -1.76. The van der Waals surface area contributed by atoms with Crippen molar-refractivity contribution < 1.29 is 18.0 Å². The molecule has 3 rings (SSSR count). The molecule has 1 saturated carbocycles. The molecule has 0 aromatic heterocycles. The van der Waals surface area contributed by atoms with Crippen molar-refractivity contribution in [2.75, 3.05) is 32.1 Å². The molecule has 1 heterocycles. The van der Waals surface area contributed by atoms with Crippen LogP contribution < -0.4 is 11.1 Å². The lowest BCUT2D eigenvalue weighted by Gasteiger charge is -2.33. The van der Waals surface area contributed by atoms with Gasteiger partial charge >= 0.3 is 0 Å². The van der Waals surface area contributed by atoms with Gasteiger partial charge in [-0.2, -0.15) is 4.31 Å². The average Bonchev–Trinajstić information content (AvgIpc) is 3.36. The summed E-state index contributed by atoms with van der Waals surface area (Å²) in [5, 5.41) is 3.16.